The van der Waals surface area contributed by atoms with Gasteiger partial charge >= 0.3 is 0 Å². The molecule has 0 spiro atoms. The average molecular weight is 366 g/mol. The largest absolute Gasteiger partial charge is 0.337 e. The Hall–Kier alpha value is -1.82. The van der Waals surface area contributed by atoms with Crippen LogP contribution in [0.25, 0.3) is 0 Å². The molecule has 1 amide bonds. The van der Waals surface area contributed by atoms with Crippen molar-refractivity contribution in [2.45, 2.75) is 6.04 Å². The van der Waals surface area contributed by atoms with E-state index in [0.29, 0.717) is 14.2 Å². The number of thiophene rings is 1. The molecular weight excluding hydrogens is 353 g/mol. The molecule has 0 aliphatic heterocycles. The average Bonchev–Trinajstić information content (AvgIpc) is 3.14. The van der Waals surface area contributed by atoms with Crippen molar-refractivity contribution < 1.29 is 4.79 Å². The molecule has 1 aromatic carbocycles. The summed E-state index contributed by atoms with van der Waals surface area (Å²) in [6.45, 7) is 0. The van der Waals surface area contributed by atoms with Gasteiger partial charge in [0.05, 0.1) is 9.21 Å². The fourth-order valence-electron chi connectivity index (χ4n) is 2.25. The van der Waals surface area contributed by atoms with Crippen molar-refractivity contribution >= 4 is 40.4 Å². The summed E-state index contributed by atoms with van der Waals surface area (Å²) >= 11 is 13.1. The normalized spacial score (nSPS) is 12.1. The van der Waals surface area contributed by atoms with Crippen LogP contribution in [0.4, 0.5) is 0 Å². The van der Waals surface area contributed by atoms with Crippen LogP contribution in [0.15, 0.2) is 48.8 Å². The Morgan fingerprint density at radius 2 is 1.96 bits per heavy atom. The Bertz CT molecular complexity index is 826. The first-order valence-electron chi connectivity index (χ1n) is 6.83. The van der Waals surface area contributed by atoms with E-state index in [2.05, 4.69) is 10.3 Å². The van der Waals surface area contributed by atoms with E-state index in [1.165, 1.54) is 11.3 Å². The summed E-state index contributed by atoms with van der Waals surface area (Å²) in [6, 6.07) is 10.4. The molecule has 4 nitrogen and oxygen atoms in total. The summed E-state index contributed by atoms with van der Waals surface area (Å²) in [5, 5.41) is 3.65. The third-order valence-electron chi connectivity index (χ3n) is 3.39. The van der Waals surface area contributed by atoms with Crippen molar-refractivity contribution in [2.24, 2.45) is 7.05 Å². The minimum absolute atomic E-state index is 0.190. The number of carbonyl (C=O) groups excluding carboxylic acids is 1. The number of hydrogen-bond donors (Lipinski definition) is 1. The Balaban J connectivity index is 1.94. The van der Waals surface area contributed by atoms with Crippen LogP contribution in [0.2, 0.25) is 9.36 Å². The lowest BCUT2D eigenvalue weighted by Gasteiger charge is -2.19. The Morgan fingerprint density at radius 3 is 2.52 bits per heavy atom. The van der Waals surface area contributed by atoms with E-state index in [1.807, 2.05) is 29.9 Å². The van der Waals surface area contributed by atoms with Gasteiger partial charge in [-0.25, -0.2) is 4.98 Å². The van der Waals surface area contributed by atoms with E-state index >= 15 is 0 Å². The molecule has 0 fully saturated rings. The number of aromatic nitrogens is 2. The number of nitrogens with one attached hydrogen (secondary N) is 1. The first-order valence-corrected chi connectivity index (χ1v) is 8.40. The molecule has 2 aromatic heterocycles. The van der Waals surface area contributed by atoms with Crippen molar-refractivity contribution in [1.82, 2.24) is 14.9 Å². The van der Waals surface area contributed by atoms with Crippen molar-refractivity contribution in [3.63, 3.8) is 0 Å². The number of benzene rings is 1. The Kier molecular flexibility index (Phi) is 4.71. The SMILES string of the molecule is Cn1ccnc1[C@H](NC(=O)c1ccc(Cl)s1)c1ccc(Cl)cc1. The molecule has 0 bridgehead atoms. The number of imidazole rings is 1. The number of aryl methyl sites for hydroxylation is 1. The van der Waals surface area contributed by atoms with Gasteiger partial charge in [-0.2, -0.15) is 0 Å². The van der Waals surface area contributed by atoms with Gasteiger partial charge in [0, 0.05) is 24.5 Å². The van der Waals surface area contributed by atoms with Gasteiger partial charge in [-0.3, -0.25) is 4.79 Å². The van der Waals surface area contributed by atoms with Gasteiger partial charge in [0.1, 0.15) is 11.9 Å². The molecule has 118 valence electrons. The molecule has 0 saturated heterocycles. The van der Waals surface area contributed by atoms with Crippen LogP contribution in [0, 0.1) is 0 Å². The van der Waals surface area contributed by atoms with E-state index < -0.39 is 0 Å². The van der Waals surface area contributed by atoms with E-state index in [1.54, 1.807) is 30.5 Å². The lowest BCUT2D eigenvalue weighted by molar-refractivity contribution is 0.0945. The number of rotatable bonds is 4. The smallest absolute Gasteiger partial charge is 0.262 e. The Labute approximate surface area is 147 Å². The quantitative estimate of drug-likeness (QED) is 0.748. The summed E-state index contributed by atoms with van der Waals surface area (Å²) in [6.07, 6.45) is 3.54. The number of carbonyl (C=O) groups is 1. The zero-order valence-corrected chi connectivity index (χ0v) is 14.5. The highest BCUT2D eigenvalue weighted by Crippen LogP contribution is 2.25. The molecule has 7 heteroatoms. The highest BCUT2D eigenvalue weighted by Gasteiger charge is 2.22. The summed E-state index contributed by atoms with van der Waals surface area (Å²) in [5.41, 5.74) is 0.903. The van der Waals surface area contributed by atoms with Gasteiger partial charge in [0.15, 0.2) is 0 Å². The standard InChI is InChI=1S/C16H13Cl2N3OS/c1-21-9-8-19-15(21)14(10-2-4-11(17)5-3-10)20-16(22)12-6-7-13(18)23-12/h2-9,14H,1H3,(H,20,22)/t14-/m1/s1. The van der Waals surface area contributed by atoms with E-state index in [0.717, 1.165) is 11.4 Å². The van der Waals surface area contributed by atoms with Gasteiger partial charge in [-0.05, 0) is 29.8 Å². The molecule has 23 heavy (non-hydrogen) atoms. The lowest BCUT2D eigenvalue weighted by atomic mass is 10.1. The maximum absolute atomic E-state index is 12.5. The maximum atomic E-state index is 12.5. The van der Waals surface area contributed by atoms with E-state index in [-0.39, 0.29) is 11.9 Å². The van der Waals surface area contributed by atoms with Crippen molar-refractivity contribution in [2.75, 3.05) is 0 Å². The predicted molar refractivity (Wildman–Crippen MR) is 93.3 cm³/mol. The molecule has 3 rings (SSSR count). The number of hydrogen-bond acceptors (Lipinski definition) is 3. The van der Waals surface area contributed by atoms with Gasteiger partial charge in [0.25, 0.3) is 5.91 Å². The summed E-state index contributed by atoms with van der Waals surface area (Å²) in [7, 11) is 1.89. The monoisotopic (exact) mass is 365 g/mol. The van der Waals surface area contributed by atoms with Crippen LogP contribution in [-0.4, -0.2) is 15.5 Å². The number of halogens is 2. The molecule has 0 saturated carbocycles. The van der Waals surface area contributed by atoms with Crippen LogP contribution in [0.5, 0.6) is 0 Å². The molecule has 0 aliphatic rings. The third kappa shape index (κ3) is 3.58. The highest BCUT2D eigenvalue weighted by atomic mass is 35.5. The van der Waals surface area contributed by atoms with Gasteiger partial charge < -0.3 is 9.88 Å². The first-order chi connectivity index (χ1) is 11.0. The zero-order chi connectivity index (χ0) is 16.4. The van der Waals surface area contributed by atoms with E-state index in [9.17, 15) is 4.79 Å². The van der Waals surface area contributed by atoms with Crippen molar-refractivity contribution in [3.05, 3.63) is 74.4 Å². The van der Waals surface area contributed by atoms with Gasteiger partial charge in [-0.15, -0.1) is 11.3 Å². The van der Waals surface area contributed by atoms with E-state index in [4.69, 9.17) is 23.2 Å². The fraction of sp³-hybridized carbons (Fsp3) is 0.125. The second kappa shape index (κ2) is 6.74. The zero-order valence-electron chi connectivity index (χ0n) is 12.2. The van der Waals surface area contributed by atoms with Crippen LogP contribution < -0.4 is 5.32 Å². The molecule has 0 unspecified atom stereocenters. The van der Waals surface area contributed by atoms with Crippen LogP contribution in [0.1, 0.15) is 27.1 Å². The van der Waals surface area contributed by atoms with Crippen LogP contribution in [0.3, 0.4) is 0 Å². The predicted octanol–water partition coefficient (Wildman–Crippen LogP) is 4.31. The van der Waals surface area contributed by atoms with Crippen LogP contribution in [-0.2, 0) is 7.05 Å². The highest BCUT2D eigenvalue weighted by molar-refractivity contribution is 7.18. The summed E-state index contributed by atoms with van der Waals surface area (Å²) < 4.78 is 2.45. The lowest BCUT2D eigenvalue weighted by Crippen LogP contribution is -2.30. The summed E-state index contributed by atoms with van der Waals surface area (Å²) in [4.78, 5) is 17.4. The molecule has 1 N–H and O–H groups in total. The van der Waals surface area contributed by atoms with Crippen molar-refractivity contribution in [3.8, 4) is 0 Å². The molecule has 0 aliphatic carbocycles. The number of nitrogens with zero attached hydrogens (tertiary/aromatic N) is 2. The molecule has 2 heterocycles. The maximum Gasteiger partial charge on any atom is 0.262 e. The van der Waals surface area contributed by atoms with Crippen LogP contribution >= 0.6 is 34.5 Å². The fourth-order valence-corrected chi connectivity index (χ4v) is 3.32. The molecule has 0 radical (unpaired) electrons. The number of amides is 1. The minimum atomic E-state index is -0.374. The minimum Gasteiger partial charge on any atom is -0.337 e. The first kappa shape index (κ1) is 16.1. The van der Waals surface area contributed by atoms with Gasteiger partial charge in [-0.1, -0.05) is 35.3 Å². The molecule has 1 atom stereocenters. The van der Waals surface area contributed by atoms with Gasteiger partial charge in [0.2, 0.25) is 0 Å². The topological polar surface area (TPSA) is 46.9 Å². The Morgan fingerprint density at radius 1 is 1.22 bits per heavy atom. The summed E-state index contributed by atoms with van der Waals surface area (Å²) in [5.74, 6) is 0.549. The third-order valence-corrected chi connectivity index (χ3v) is 4.87. The second-order valence-corrected chi connectivity index (χ2v) is 7.11. The molecular formula is C16H13Cl2N3OS. The second-order valence-electron chi connectivity index (χ2n) is 4.96. The van der Waals surface area contributed by atoms with Crippen molar-refractivity contribution in [1.29, 1.82) is 0 Å². The molecule has 3 aromatic rings.